The van der Waals surface area contributed by atoms with E-state index in [4.69, 9.17) is 14.2 Å². The fourth-order valence-electron chi connectivity index (χ4n) is 2.58. The molecule has 160 valence electrons. The number of rotatable bonds is 9. The van der Waals surface area contributed by atoms with E-state index in [9.17, 15) is 14.4 Å². The van der Waals surface area contributed by atoms with Crippen molar-refractivity contribution in [2.75, 3.05) is 20.8 Å². The number of urea groups is 1. The molecule has 8 nitrogen and oxygen atoms in total. The van der Waals surface area contributed by atoms with Crippen LogP contribution >= 0.6 is 0 Å². The molecule has 0 fully saturated rings. The van der Waals surface area contributed by atoms with Crippen LogP contribution in [0.4, 0.5) is 4.79 Å². The molecule has 0 saturated heterocycles. The fraction of sp³-hybridized carbons (Fsp3) is 0.318. The third-order valence-electron chi connectivity index (χ3n) is 4.10. The number of hydrogen-bond acceptors (Lipinski definition) is 6. The highest BCUT2D eigenvalue weighted by molar-refractivity contribution is 6.01. The van der Waals surface area contributed by atoms with Crippen LogP contribution in [0.5, 0.6) is 11.5 Å². The smallest absolute Gasteiger partial charge is 0.338 e. The molecule has 0 aliphatic heterocycles. The van der Waals surface area contributed by atoms with Crippen molar-refractivity contribution in [3.8, 4) is 11.5 Å². The molecule has 0 aliphatic carbocycles. The third kappa shape index (κ3) is 6.51. The van der Waals surface area contributed by atoms with E-state index in [1.807, 2.05) is 13.8 Å². The summed E-state index contributed by atoms with van der Waals surface area (Å²) in [6.45, 7) is 3.63. The first kappa shape index (κ1) is 22.7. The van der Waals surface area contributed by atoms with Crippen LogP contribution in [0.15, 0.2) is 42.5 Å². The van der Waals surface area contributed by atoms with Crippen molar-refractivity contribution in [1.82, 2.24) is 10.6 Å². The molecule has 2 aromatic carbocycles. The Hall–Kier alpha value is -3.55. The van der Waals surface area contributed by atoms with Gasteiger partial charge >= 0.3 is 12.0 Å². The standard InChI is InChI=1S/C22H26N2O6/c1-14(2)24-22(27)23-12-15-5-7-16(8-6-15)21(26)30-13-19(25)18-11-17(28-3)9-10-20(18)29-4/h5-11,14H,12-13H2,1-4H3,(H2,23,24,27). The van der Waals surface area contributed by atoms with E-state index in [2.05, 4.69) is 10.6 Å². The number of nitrogens with one attached hydrogen (secondary N) is 2. The zero-order valence-electron chi connectivity index (χ0n) is 17.5. The number of ketones is 1. The number of carbonyl (C=O) groups is 3. The van der Waals surface area contributed by atoms with E-state index in [1.165, 1.54) is 20.3 Å². The van der Waals surface area contributed by atoms with Crippen LogP contribution in [-0.4, -0.2) is 44.7 Å². The van der Waals surface area contributed by atoms with Gasteiger partial charge in [0, 0.05) is 12.6 Å². The lowest BCUT2D eigenvalue weighted by molar-refractivity contribution is 0.0474. The lowest BCUT2D eigenvalue weighted by Crippen LogP contribution is -2.39. The van der Waals surface area contributed by atoms with Gasteiger partial charge in [0.25, 0.3) is 0 Å². The van der Waals surface area contributed by atoms with Gasteiger partial charge in [-0.3, -0.25) is 4.79 Å². The molecule has 0 heterocycles. The Balaban J connectivity index is 1.92. The van der Waals surface area contributed by atoms with Gasteiger partial charge in [0.1, 0.15) is 11.5 Å². The summed E-state index contributed by atoms with van der Waals surface area (Å²) in [6.07, 6.45) is 0. The van der Waals surface area contributed by atoms with Crippen molar-refractivity contribution in [3.05, 3.63) is 59.2 Å². The minimum Gasteiger partial charge on any atom is -0.497 e. The lowest BCUT2D eigenvalue weighted by Gasteiger charge is -2.11. The molecule has 8 heteroatoms. The van der Waals surface area contributed by atoms with Crippen LogP contribution in [0.1, 0.15) is 40.1 Å². The average molecular weight is 414 g/mol. The van der Waals surface area contributed by atoms with Gasteiger partial charge < -0.3 is 24.8 Å². The Labute approximate surface area is 175 Å². The van der Waals surface area contributed by atoms with Crippen molar-refractivity contribution in [1.29, 1.82) is 0 Å². The number of amides is 2. The second kappa shape index (κ2) is 10.8. The molecule has 2 aromatic rings. The molecular formula is C22H26N2O6. The van der Waals surface area contributed by atoms with Crippen LogP contribution in [-0.2, 0) is 11.3 Å². The lowest BCUT2D eigenvalue weighted by atomic mass is 10.1. The maximum Gasteiger partial charge on any atom is 0.338 e. The van der Waals surface area contributed by atoms with Crippen LogP contribution in [0.3, 0.4) is 0 Å². The molecule has 2 amide bonds. The first-order valence-electron chi connectivity index (χ1n) is 9.39. The van der Waals surface area contributed by atoms with E-state index < -0.39 is 18.4 Å². The summed E-state index contributed by atoms with van der Waals surface area (Å²) in [7, 11) is 2.94. The maximum absolute atomic E-state index is 12.4. The Morgan fingerprint density at radius 3 is 2.27 bits per heavy atom. The van der Waals surface area contributed by atoms with Crippen molar-refractivity contribution in [2.45, 2.75) is 26.4 Å². The third-order valence-corrected chi connectivity index (χ3v) is 4.10. The molecule has 0 saturated carbocycles. The van der Waals surface area contributed by atoms with Gasteiger partial charge in [-0.15, -0.1) is 0 Å². The minimum atomic E-state index is -0.623. The van der Waals surface area contributed by atoms with Gasteiger partial charge in [-0.1, -0.05) is 12.1 Å². The molecule has 0 unspecified atom stereocenters. The number of carbonyl (C=O) groups excluding carboxylic acids is 3. The summed E-state index contributed by atoms with van der Waals surface area (Å²) in [5.74, 6) is -0.162. The van der Waals surface area contributed by atoms with Gasteiger partial charge in [-0.05, 0) is 49.7 Å². The summed E-state index contributed by atoms with van der Waals surface area (Å²) >= 11 is 0. The predicted octanol–water partition coefficient (Wildman–Crippen LogP) is 2.95. The molecule has 2 rings (SSSR count). The van der Waals surface area contributed by atoms with Crippen molar-refractivity contribution >= 4 is 17.8 Å². The molecule has 0 atom stereocenters. The van der Waals surface area contributed by atoms with E-state index in [-0.39, 0.29) is 17.6 Å². The number of methoxy groups -OCH3 is 2. The van der Waals surface area contributed by atoms with Gasteiger partial charge in [-0.2, -0.15) is 0 Å². The normalized spacial score (nSPS) is 10.3. The summed E-state index contributed by atoms with van der Waals surface area (Å²) in [5.41, 5.74) is 1.39. The van der Waals surface area contributed by atoms with Crippen LogP contribution in [0.25, 0.3) is 0 Å². The number of esters is 1. The van der Waals surface area contributed by atoms with E-state index >= 15 is 0 Å². The van der Waals surface area contributed by atoms with Gasteiger partial charge in [-0.25, -0.2) is 9.59 Å². The monoisotopic (exact) mass is 414 g/mol. The quantitative estimate of drug-likeness (QED) is 0.483. The van der Waals surface area contributed by atoms with Crippen molar-refractivity contribution < 1.29 is 28.6 Å². The van der Waals surface area contributed by atoms with Crippen LogP contribution < -0.4 is 20.1 Å². The summed E-state index contributed by atoms with van der Waals surface area (Å²) in [6, 6.07) is 11.2. The molecule has 0 aromatic heterocycles. The number of Topliss-reactive ketones (excluding diaryl/α,β-unsaturated/α-hetero) is 1. The van der Waals surface area contributed by atoms with E-state index in [0.29, 0.717) is 23.6 Å². The van der Waals surface area contributed by atoms with Gasteiger partial charge in [0.15, 0.2) is 6.61 Å². The zero-order chi connectivity index (χ0) is 22.1. The zero-order valence-corrected chi connectivity index (χ0v) is 17.5. The Morgan fingerprint density at radius 2 is 1.67 bits per heavy atom. The largest absolute Gasteiger partial charge is 0.497 e. The highest BCUT2D eigenvalue weighted by Gasteiger charge is 2.17. The summed E-state index contributed by atoms with van der Waals surface area (Å²) in [4.78, 5) is 36.3. The molecule has 0 aliphatic rings. The highest BCUT2D eigenvalue weighted by atomic mass is 16.5. The number of ether oxygens (including phenoxy) is 3. The molecule has 30 heavy (non-hydrogen) atoms. The van der Waals surface area contributed by atoms with Gasteiger partial charge in [0.05, 0.1) is 25.3 Å². The first-order chi connectivity index (χ1) is 14.3. The molecule has 0 spiro atoms. The highest BCUT2D eigenvalue weighted by Crippen LogP contribution is 2.24. The van der Waals surface area contributed by atoms with Crippen molar-refractivity contribution in [2.24, 2.45) is 0 Å². The fourth-order valence-corrected chi connectivity index (χ4v) is 2.58. The molecule has 2 N–H and O–H groups in total. The van der Waals surface area contributed by atoms with Crippen LogP contribution in [0, 0.1) is 0 Å². The summed E-state index contributed by atoms with van der Waals surface area (Å²) < 4.78 is 15.4. The first-order valence-corrected chi connectivity index (χ1v) is 9.39. The number of hydrogen-bond donors (Lipinski definition) is 2. The molecular weight excluding hydrogens is 388 g/mol. The van der Waals surface area contributed by atoms with Crippen LogP contribution in [0.2, 0.25) is 0 Å². The minimum absolute atomic E-state index is 0.0433. The van der Waals surface area contributed by atoms with E-state index in [1.54, 1.807) is 36.4 Å². The SMILES string of the molecule is COc1ccc(OC)c(C(=O)COC(=O)c2ccc(CNC(=O)NC(C)C)cc2)c1. The van der Waals surface area contributed by atoms with Gasteiger partial charge in [0.2, 0.25) is 5.78 Å². The summed E-state index contributed by atoms with van der Waals surface area (Å²) in [5, 5.41) is 5.45. The Morgan fingerprint density at radius 1 is 0.967 bits per heavy atom. The van der Waals surface area contributed by atoms with Crippen molar-refractivity contribution in [3.63, 3.8) is 0 Å². The second-order valence-corrected chi connectivity index (χ2v) is 6.74. The Kier molecular flexibility index (Phi) is 8.22. The van der Waals surface area contributed by atoms with E-state index in [0.717, 1.165) is 5.56 Å². The second-order valence-electron chi connectivity index (χ2n) is 6.74. The topological polar surface area (TPSA) is 103 Å². The predicted molar refractivity (Wildman–Crippen MR) is 111 cm³/mol. The Bertz CT molecular complexity index is 893. The molecule has 0 bridgehead atoms. The maximum atomic E-state index is 12.4. The molecule has 0 radical (unpaired) electrons. The average Bonchev–Trinajstić information content (AvgIpc) is 2.75. The number of benzene rings is 2.